The van der Waals surface area contributed by atoms with Crippen molar-refractivity contribution in [3.8, 4) is 0 Å². The molecule has 0 unspecified atom stereocenters. The van der Waals surface area contributed by atoms with Crippen LogP contribution in [-0.2, 0) is 25.5 Å². The van der Waals surface area contributed by atoms with E-state index < -0.39 is 12.0 Å². The minimum atomic E-state index is -0.789. The van der Waals surface area contributed by atoms with Crippen LogP contribution in [0.1, 0.15) is 47.1 Å². The summed E-state index contributed by atoms with van der Waals surface area (Å²) in [6.07, 6.45) is 0.187. The van der Waals surface area contributed by atoms with E-state index in [1.807, 2.05) is 71.9 Å². The lowest BCUT2D eigenvalue weighted by molar-refractivity contribution is -0.155. The predicted octanol–water partition coefficient (Wildman–Crippen LogP) is 3.05. The summed E-state index contributed by atoms with van der Waals surface area (Å²) in [4.78, 5) is 39.1. The van der Waals surface area contributed by atoms with E-state index in [1.54, 1.807) is 4.90 Å². The van der Waals surface area contributed by atoms with Crippen molar-refractivity contribution in [2.75, 3.05) is 19.7 Å². The molecule has 0 saturated carbocycles. The number of benzene rings is 1. The van der Waals surface area contributed by atoms with Gasteiger partial charge in [-0.05, 0) is 23.3 Å². The van der Waals surface area contributed by atoms with Gasteiger partial charge in [0.2, 0.25) is 5.91 Å². The number of amides is 2. The average Bonchev–Trinajstić information content (AvgIpc) is 2.63. The Bertz CT molecular complexity index is 646. The third-order valence-electron chi connectivity index (χ3n) is 4.31. The number of nitrogens with one attached hydrogen (secondary N) is 1. The molecule has 2 amide bonds. The highest BCUT2D eigenvalue weighted by Crippen LogP contribution is 2.08. The molecule has 1 aromatic carbocycles. The first-order chi connectivity index (χ1) is 13.6. The van der Waals surface area contributed by atoms with Gasteiger partial charge < -0.3 is 15.0 Å². The van der Waals surface area contributed by atoms with Crippen LogP contribution in [-0.4, -0.2) is 48.4 Å². The molecule has 0 heterocycles. The van der Waals surface area contributed by atoms with Crippen molar-refractivity contribution in [1.82, 2.24) is 10.2 Å². The van der Waals surface area contributed by atoms with Gasteiger partial charge in [-0.15, -0.1) is 0 Å². The lowest BCUT2D eigenvalue weighted by atomic mass is 10.0. The van der Waals surface area contributed by atoms with Gasteiger partial charge in [-0.25, -0.2) is 4.79 Å². The van der Waals surface area contributed by atoms with Gasteiger partial charge in [-0.1, -0.05) is 71.9 Å². The number of hydrogen-bond acceptors (Lipinski definition) is 4. The van der Waals surface area contributed by atoms with E-state index in [2.05, 4.69) is 5.32 Å². The molecule has 29 heavy (non-hydrogen) atoms. The predicted molar refractivity (Wildman–Crippen MR) is 114 cm³/mol. The number of nitrogens with zero attached hydrogens (tertiary/aromatic N) is 1. The standard InChI is InChI=1S/C23H36N2O4/c1-16(2)13-25(14-17(3)4)21(27)15-29-23(28)22(18(5)6)24-20(26)12-19-10-8-7-9-11-19/h7-11,16-18,22H,12-15H2,1-6H3,(H,24,26)/t22-/m0/s1. The molecular weight excluding hydrogens is 368 g/mol. The van der Waals surface area contributed by atoms with Crippen molar-refractivity contribution in [3.63, 3.8) is 0 Å². The number of esters is 1. The smallest absolute Gasteiger partial charge is 0.329 e. The van der Waals surface area contributed by atoms with Crippen LogP contribution in [0, 0.1) is 17.8 Å². The minimum Gasteiger partial charge on any atom is -0.454 e. The molecule has 1 rings (SSSR count). The Morgan fingerprint density at radius 3 is 1.97 bits per heavy atom. The van der Waals surface area contributed by atoms with E-state index in [1.165, 1.54) is 0 Å². The first-order valence-corrected chi connectivity index (χ1v) is 10.4. The molecule has 1 atom stereocenters. The van der Waals surface area contributed by atoms with Crippen molar-refractivity contribution >= 4 is 17.8 Å². The van der Waals surface area contributed by atoms with E-state index in [9.17, 15) is 14.4 Å². The fraction of sp³-hybridized carbons (Fsp3) is 0.609. The Kier molecular flexibility index (Phi) is 10.4. The minimum absolute atomic E-state index is 0.153. The largest absolute Gasteiger partial charge is 0.454 e. The highest BCUT2D eigenvalue weighted by atomic mass is 16.5. The van der Waals surface area contributed by atoms with E-state index in [0.717, 1.165) is 5.56 Å². The summed E-state index contributed by atoms with van der Waals surface area (Å²) >= 11 is 0. The maximum absolute atomic E-state index is 12.5. The van der Waals surface area contributed by atoms with Crippen LogP contribution >= 0.6 is 0 Å². The Morgan fingerprint density at radius 1 is 0.931 bits per heavy atom. The summed E-state index contributed by atoms with van der Waals surface area (Å²) in [6.45, 7) is 12.8. The van der Waals surface area contributed by atoms with Crippen molar-refractivity contribution in [1.29, 1.82) is 0 Å². The summed E-state index contributed by atoms with van der Waals surface area (Å²) in [5, 5.41) is 2.74. The van der Waals surface area contributed by atoms with Gasteiger partial charge in [0.25, 0.3) is 5.91 Å². The second kappa shape index (κ2) is 12.2. The number of carbonyl (C=O) groups is 3. The fourth-order valence-electron chi connectivity index (χ4n) is 2.98. The number of ether oxygens (including phenoxy) is 1. The van der Waals surface area contributed by atoms with Crippen molar-refractivity contribution in [2.45, 2.75) is 54.0 Å². The quantitative estimate of drug-likeness (QED) is 0.575. The normalized spacial score (nSPS) is 12.2. The second-order valence-corrected chi connectivity index (χ2v) is 8.65. The van der Waals surface area contributed by atoms with Crippen LogP contribution in [0.15, 0.2) is 30.3 Å². The molecule has 162 valence electrons. The van der Waals surface area contributed by atoms with Gasteiger partial charge in [-0.3, -0.25) is 9.59 Å². The van der Waals surface area contributed by atoms with Crippen LogP contribution in [0.4, 0.5) is 0 Å². The molecule has 0 bridgehead atoms. The lowest BCUT2D eigenvalue weighted by Gasteiger charge is -2.27. The SMILES string of the molecule is CC(C)CN(CC(C)C)C(=O)COC(=O)[C@@H](NC(=O)Cc1ccccc1)C(C)C. The van der Waals surface area contributed by atoms with E-state index in [0.29, 0.717) is 24.9 Å². The van der Waals surface area contributed by atoms with Crippen LogP contribution < -0.4 is 5.32 Å². The Hall–Kier alpha value is -2.37. The maximum Gasteiger partial charge on any atom is 0.329 e. The zero-order valence-corrected chi connectivity index (χ0v) is 18.6. The Morgan fingerprint density at radius 2 is 1.48 bits per heavy atom. The summed E-state index contributed by atoms with van der Waals surface area (Å²) in [7, 11) is 0. The summed E-state index contributed by atoms with van der Waals surface area (Å²) in [5.74, 6) is -0.537. The first kappa shape index (κ1) is 24.7. The van der Waals surface area contributed by atoms with Crippen LogP contribution in [0.25, 0.3) is 0 Å². The molecule has 0 aliphatic heterocycles. The van der Waals surface area contributed by atoms with Crippen LogP contribution in [0.5, 0.6) is 0 Å². The van der Waals surface area contributed by atoms with E-state index in [4.69, 9.17) is 4.74 Å². The number of rotatable bonds is 11. The molecule has 0 aliphatic rings. The van der Waals surface area contributed by atoms with E-state index in [-0.39, 0.29) is 30.8 Å². The Labute approximate surface area is 175 Å². The van der Waals surface area contributed by atoms with Gasteiger partial charge in [0, 0.05) is 13.1 Å². The van der Waals surface area contributed by atoms with Gasteiger partial charge in [0.1, 0.15) is 6.04 Å². The highest BCUT2D eigenvalue weighted by Gasteiger charge is 2.27. The second-order valence-electron chi connectivity index (χ2n) is 8.65. The zero-order valence-electron chi connectivity index (χ0n) is 18.6. The fourth-order valence-corrected chi connectivity index (χ4v) is 2.98. The third kappa shape index (κ3) is 9.59. The first-order valence-electron chi connectivity index (χ1n) is 10.4. The van der Waals surface area contributed by atoms with Gasteiger partial charge in [-0.2, -0.15) is 0 Å². The van der Waals surface area contributed by atoms with Crippen LogP contribution in [0.3, 0.4) is 0 Å². The molecule has 0 aromatic heterocycles. The summed E-state index contributed by atoms with van der Waals surface area (Å²) in [5.41, 5.74) is 0.870. The summed E-state index contributed by atoms with van der Waals surface area (Å²) < 4.78 is 5.28. The van der Waals surface area contributed by atoms with Crippen LogP contribution in [0.2, 0.25) is 0 Å². The van der Waals surface area contributed by atoms with Crippen molar-refractivity contribution in [2.24, 2.45) is 17.8 Å². The molecule has 1 aromatic rings. The van der Waals surface area contributed by atoms with Gasteiger partial charge in [0.05, 0.1) is 6.42 Å². The zero-order chi connectivity index (χ0) is 22.0. The molecule has 0 saturated heterocycles. The monoisotopic (exact) mass is 404 g/mol. The average molecular weight is 405 g/mol. The number of hydrogen-bond donors (Lipinski definition) is 1. The molecule has 1 N–H and O–H groups in total. The van der Waals surface area contributed by atoms with Gasteiger partial charge >= 0.3 is 5.97 Å². The van der Waals surface area contributed by atoms with Crippen molar-refractivity contribution in [3.05, 3.63) is 35.9 Å². The van der Waals surface area contributed by atoms with Crippen molar-refractivity contribution < 1.29 is 19.1 Å². The molecule has 0 aliphatic carbocycles. The maximum atomic E-state index is 12.5. The van der Waals surface area contributed by atoms with Gasteiger partial charge in [0.15, 0.2) is 6.61 Å². The highest BCUT2D eigenvalue weighted by molar-refractivity contribution is 5.87. The topological polar surface area (TPSA) is 75.7 Å². The Balaban J connectivity index is 2.64. The molecule has 6 heteroatoms. The molecule has 0 spiro atoms. The molecule has 0 radical (unpaired) electrons. The lowest BCUT2D eigenvalue weighted by Crippen LogP contribution is -2.47. The molecule has 0 fully saturated rings. The van der Waals surface area contributed by atoms with E-state index >= 15 is 0 Å². The number of carbonyl (C=O) groups excluding carboxylic acids is 3. The molecule has 6 nitrogen and oxygen atoms in total. The summed E-state index contributed by atoms with van der Waals surface area (Å²) in [6, 6.07) is 8.54. The third-order valence-corrected chi connectivity index (χ3v) is 4.31. The molecular formula is C23H36N2O4.